The summed E-state index contributed by atoms with van der Waals surface area (Å²) < 4.78 is 0. The largest absolute Gasteiger partial charge is 0.353 e. The summed E-state index contributed by atoms with van der Waals surface area (Å²) in [6.45, 7) is 5.55. The lowest BCUT2D eigenvalue weighted by atomic mass is 9.94. The second-order valence-corrected chi connectivity index (χ2v) is 7.98. The van der Waals surface area contributed by atoms with E-state index in [1.54, 1.807) is 0 Å². The summed E-state index contributed by atoms with van der Waals surface area (Å²) >= 11 is 0. The van der Waals surface area contributed by atoms with Crippen molar-refractivity contribution >= 4 is 11.7 Å². The van der Waals surface area contributed by atoms with Crippen LogP contribution in [0, 0.1) is 12.3 Å². The molecule has 1 unspecified atom stereocenters. The number of carbonyl (C=O) groups excluding carboxylic acids is 1. The number of piperazine rings is 1. The van der Waals surface area contributed by atoms with Gasteiger partial charge in [-0.05, 0) is 12.8 Å². The van der Waals surface area contributed by atoms with E-state index in [1.165, 1.54) is 0 Å². The van der Waals surface area contributed by atoms with Gasteiger partial charge in [-0.25, -0.2) is 0 Å². The number of aromatic amines is 1. The first kappa shape index (κ1) is 18.9. The lowest BCUT2D eigenvalue weighted by molar-refractivity contribution is -0.132. The first-order chi connectivity index (χ1) is 13.7. The molecule has 8 nitrogen and oxygen atoms in total. The van der Waals surface area contributed by atoms with Gasteiger partial charge in [0.15, 0.2) is 11.5 Å². The van der Waals surface area contributed by atoms with Crippen LogP contribution in [0.2, 0.25) is 0 Å². The van der Waals surface area contributed by atoms with Gasteiger partial charge in [0.1, 0.15) is 0 Å². The molecule has 150 valence electrons. The van der Waals surface area contributed by atoms with Gasteiger partial charge in [-0.15, -0.1) is 12.3 Å². The van der Waals surface area contributed by atoms with Crippen LogP contribution in [0.4, 0.5) is 5.82 Å². The quantitative estimate of drug-likeness (QED) is 0.704. The lowest BCUT2D eigenvalue weighted by Gasteiger charge is -2.32. The standard InChI is InChI=1S/C20H29N7O/c1-2-3-7-20(24-25-20)8-6-19(28)27-11-4-5-16(15-27)17-14-18(23-22-17)26-12-9-21-10-13-26/h1,14,16,21H,3-13,15H2,(H,22,23). The van der Waals surface area contributed by atoms with Crippen LogP contribution in [-0.4, -0.2) is 65.9 Å². The van der Waals surface area contributed by atoms with E-state index in [0.717, 1.165) is 70.0 Å². The van der Waals surface area contributed by atoms with Gasteiger partial charge in [0, 0.05) is 82.6 Å². The molecule has 8 heteroatoms. The molecular formula is C20H29N7O. The number of piperidine rings is 1. The van der Waals surface area contributed by atoms with Crippen LogP contribution in [-0.2, 0) is 4.79 Å². The normalized spacial score (nSPS) is 23.5. The molecule has 2 fully saturated rings. The summed E-state index contributed by atoms with van der Waals surface area (Å²) in [4.78, 5) is 17.0. The van der Waals surface area contributed by atoms with E-state index in [2.05, 4.69) is 42.6 Å². The highest BCUT2D eigenvalue weighted by Gasteiger charge is 2.40. The lowest BCUT2D eigenvalue weighted by Crippen LogP contribution is -2.43. The van der Waals surface area contributed by atoms with Crippen LogP contribution in [0.3, 0.4) is 0 Å². The average molecular weight is 384 g/mol. The fourth-order valence-electron chi connectivity index (χ4n) is 4.18. The van der Waals surface area contributed by atoms with Crippen molar-refractivity contribution in [3.05, 3.63) is 11.8 Å². The monoisotopic (exact) mass is 383 g/mol. The molecule has 0 radical (unpaired) electrons. The smallest absolute Gasteiger partial charge is 0.222 e. The van der Waals surface area contributed by atoms with Crippen LogP contribution < -0.4 is 10.2 Å². The number of nitrogens with zero attached hydrogens (tertiary/aromatic N) is 5. The Morgan fingerprint density at radius 2 is 2.11 bits per heavy atom. The Bertz CT molecular complexity index is 753. The Morgan fingerprint density at radius 3 is 2.86 bits per heavy atom. The summed E-state index contributed by atoms with van der Waals surface area (Å²) in [7, 11) is 0. The van der Waals surface area contributed by atoms with Gasteiger partial charge in [-0.1, -0.05) is 0 Å². The van der Waals surface area contributed by atoms with Gasteiger partial charge < -0.3 is 15.1 Å². The Kier molecular flexibility index (Phi) is 5.62. The van der Waals surface area contributed by atoms with Gasteiger partial charge in [0.25, 0.3) is 0 Å². The van der Waals surface area contributed by atoms with Crippen LogP contribution in [0.25, 0.3) is 0 Å². The molecule has 0 aliphatic carbocycles. The molecule has 4 heterocycles. The zero-order valence-electron chi connectivity index (χ0n) is 16.4. The summed E-state index contributed by atoms with van der Waals surface area (Å²) in [5.74, 6) is 4.18. The third kappa shape index (κ3) is 4.36. The molecule has 1 aromatic rings. The number of aromatic nitrogens is 2. The predicted octanol–water partition coefficient (Wildman–Crippen LogP) is 1.88. The topological polar surface area (TPSA) is 89.0 Å². The van der Waals surface area contributed by atoms with E-state index in [0.29, 0.717) is 25.2 Å². The van der Waals surface area contributed by atoms with Gasteiger partial charge >= 0.3 is 0 Å². The Labute approximate surface area is 166 Å². The molecule has 1 amide bonds. The summed E-state index contributed by atoms with van der Waals surface area (Å²) in [5.41, 5.74) is 0.766. The van der Waals surface area contributed by atoms with Gasteiger partial charge in [-0.3, -0.25) is 9.89 Å². The molecule has 0 saturated carbocycles. The molecule has 0 aromatic carbocycles. The minimum absolute atomic E-state index is 0.198. The van der Waals surface area contributed by atoms with Crippen LogP contribution in [0.5, 0.6) is 0 Å². The molecule has 4 rings (SSSR count). The highest BCUT2D eigenvalue weighted by atomic mass is 16.2. The molecular weight excluding hydrogens is 354 g/mol. The first-order valence-corrected chi connectivity index (χ1v) is 10.4. The van der Waals surface area contributed by atoms with Gasteiger partial charge in [0.2, 0.25) is 5.91 Å². The molecule has 2 saturated heterocycles. The van der Waals surface area contributed by atoms with Crippen LogP contribution >= 0.6 is 0 Å². The van der Waals surface area contributed by atoms with Crippen molar-refractivity contribution in [2.24, 2.45) is 10.2 Å². The number of H-pyrrole nitrogens is 1. The van der Waals surface area contributed by atoms with Crippen LogP contribution in [0.1, 0.15) is 50.1 Å². The fraction of sp³-hybridized carbons (Fsp3) is 0.700. The van der Waals surface area contributed by atoms with E-state index in [9.17, 15) is 4.79 Å². The molecule has 0 bridgehead atoms. The van der Waals surface area contributed by atoms with E-state index in [1.807, 2.05) is 4.90 Å². The first-order valence-electron chi connectivity index (χ1n) is 10.4. The van der Waals surface area contributed by atoms with Crippen molar-refractivity contribution in [1.29, 1.82) is 0 Å². The second kappa shape index (κ2) is 8.31. The molecule has 3 aliphatic heterocycles. The third-order valence-electron chi connectivity index (χ3n) is 6.03. The SMILES string of the molecule is C#CCCC1(CCC(=O)N2CCCC(c3cc(N4CCNCC4)n[nH]3)C2)N=N1. The predicted molar refractivity (Wildman–Crippen MR) is 107 cm³/mol. The molecule has 2 N–H and O–H groups in total. The van der Waals surface area contributed by atoms with Crippen molar-refractivity contribution in [2.45, 2.75) is 50.1 Å². The highest BCUT2D eigenvalue weighted by Crippen LogP contribution is 2.38. The second-order valence-electron chi connectivity index (χ2n) is 7.98. The van der Waals surface area contributed by atoms with E-state index < -0.39 is 0 Å². The van der Waals surface area contributed by atoms with E-state index in [-0.39, 0.29) is 11.6 Å². The number of rotatable bonds is 7. The van der Waals surface area contributed by atoms with Crippen molar-refractivity contribution in [3.63, 3.8) is 0 Å². The molecule has 1 aromatic heterocycles. The minimum atomic E-state index is -0.376. The maximum absolute atomic E-state index is 12.7. The number of carbonyl (C=O) groups is 1. The number of nitrogens with one attached hydrogen (secondary N) is 2. The minimum Gasteiger partial charge on any atom is -0.353 e. The Morgan fingerprint density at radius 1 is 1.29 bits per heavy atom. The molecule has 1 atom stereocenters. The summed E-state index contributed by atoms with van der Waals surface area (Å²) in [6, 6.07) is 2.17. The Balaban J connectivity index is 1.30. The number of terminal acetylenes is 1. The highest BCUT2D eigenvalue weighted by molar-refractivity contribution is 5.76. The van der Waals surface area contributed by atoms with Crippen molar-refractivity contribution < 1.29 is 4.79 Å². The van der Waals surface area contributed by atoms with Crippen molar-refractivity contribution in [3.8, 4) is 12.3 Å². The molecule has 3 aliphatic rings. The summed E-state index contributed by atoms with van der Waals surface area (Å²) in [6.07, 6.45) is 10.0. The molecule has 28 heavy (non-hydrogen) atoms. The van der Waals surface area contributed by atoms with Crippen molar-refractivity contribution in [1.82, 2.24) is 20.4 Å². The van der Waals surface area contributed by atoms with E-state index in [4.69, 9.17) is 6.42 Å². The summed E-state index contributed by atoms with van der Waals surface area (Å²) in [5, 5.41) is 19.4. The molecule has 0 spiro atoms. The number of likely N-dealkylation sites (tertiary alicyclic amines) is 1. The zero-order valence-corrected chi connectivity index (χ0v) is 16.4. The maximum atomic E-state index is 12.7. The number of anilines is 1. The Hall–Kier alpha value is -2.40. The number of amides is 1. The van der Waals surface area contributed by atoms with Gasteiger partial charge in [0.05, 0.1) is 0 Å². The number of hydrogen-bond acceptors (Lipinski definition) is 6. The average Bonchev–Trinajstić information content (AvgIpc) is 3.35. The van der Waals surface area contributed by atoms with E-state index >= 15 is 0 Å². The third-order valence-corrected chi connectivity index (χ3v) is 6.03. The number of hydrogen-bond donors (Lipinski definition) is 2. The van der Waals surface area contributed by atoms with Gasteiger partial charge in [-0.2, -0.15) is 15.3 Å². The van der Waals surface area contributed by atoms with Crippen molar-refractivity contribution in [2.75, 3.05) is 44.2 Å². The fourth-order valence-corrected chi connectivity index (χ4v) is 4.18. The zero-order chi connectivity index (χ0) is 19.4. The van der Waals surface area contributed by atoms with Crippen LogP contribution in [0.15, 0.2) is 16.3 Å². The maximum Gasteiger partial charge on any atom is 0.222 e.